The molecule has 0 saturated heterocycles. The van der Waals surface area contributed by atoms with E-state index >= 15 is 0 Å². The molecular formula is C13H16F2N2S. The molecule has 2 nitrogen and oxygen atoms in total. The van der Waals surface area contributed by atoms with E-state index in [1.165, 1.54) is 30.0 Å². The molecule has 0 amide bonds. The molecule has 0 unspecified atom stereocenters. The maximum Gasteiger partial charge on any atom is 0.141 e. The molecule has 0 bridgehead atoms. The molecule has 0 fully saturated rings. The predicted molar refractivity (Wildman–Crippen MR) is 73.2 cm³/mol. The summed E-state index contributed by atoms with van der Waals surface area (Å²) in [4.78, 5) is 4.33. The number of hydrogen-bond donors (Lipinski definition) is 1. The van der Waals surface area contributed by atoms with Crippen molar-refractivity contribution in [3.8, 4) is 0 Å². The zero-order valence-electron chi connectivity index (χ0n) is 10.6. The Bertz CT molecular complexity index is 504. The molecule has 98 valence electrons. The third-order valence-corrected chi connectivity index (χ3v) is 4.27. The number of benzene rings is 1. The Balaban J connectivity index is 2.59. The predicted octanol–water partition coefficient (Wildman–Crippen LogP) is 3.51. The van der Waals surface area contributed by atoms with Crippen LogP contribution in [-0.4, -0.2) is 16.5 Å². The molecule has 1 aliphatic heterocycles. The standard InChI is InChI=1S/C13H16F2N2S/c1-7-12(15)13(3,17-8(2)18-7)10-6-9(16)4-5-11(10)14/h4-7,12H,16H2,1-3H3/t7-,12+,13-/m1/s1. The summed E-state index contributed by atoms with van der Waals surface area (Å²) >= 11 is 1.38. The average Bonchev–Trinajstić information content (AvgIpc) is 2.29. The van der Waals surface area contributed by atoms with Crippen LogP contribution in [0.3, 0.4) is 0 Å². The number of alkyl halides is 1. The van der Waals surface area contributed by atoms with Crippen molar-refractivity contribution in [1.82, 2.24) is 0 Å². The fourth-order valence-electron chi connectivity index (χ4n) is 2.34. The summed E-state index contributed by atoms with van der Waals surface area (Å²) in [6.45, 7) is 5.22. The number of anilines is 1. The summed E-state index contributed by atoms with van der Waals surface area (Å²) in [6.07, 6.45) is -1.25. The Morgan fingerprint density at radius 2 is 2.11 bits per heavy atom. The third kappa shape index (κ3) is 2.11. The molecule has 2 N–H and O–H groups in total. The van der Waals surface area contributed by atoms with Crippen LogP contribution < -0.4 is 5.73 Å². The molecule has 0 radical (unpaired) electrons. The maximum absolute atomic E-state index is 14.5. The van der Waals surface area contributed by atoms with E-state index in [9.17, 15) is 8.78 Å². The monoisotopic (exact) mass is 270 g/mol. The van der Waals surface area contributed by atoms with Gasteiger partial charge in [-0.05, 0) is 39.0 Å². The van der Waals surface area contributed by atoms with E-state index in [2.05, 4.69) is 4.99 Å². The lowest BCUT2D eigenvalue weighted by atomic mass is 9.85. The van der Waals surface area contributed by atoms with E-state index in [0.717, 1.165) is 5.04 Å². The molecule has 0 saturated carbocycles. The number of halogens is 2. The van der Waals surface area contributed by atoms with Crippen LogP contribution in [0.4, 0.5) is 14.5 Å². The van der Waals surface area contributed by atoms with Gasteiger partial charge in [0.05, 0.1) is 5.04 Å². The van der Waals surface area contributed by atoms with Crippen molar-refractivity contribution in [1.29, 1.82) is 0 Å². The highest BCUT2D eigenvalue weighted by molar-refractivity contribution is 8.14. The smallest absolute Gasteiger partial charge is 0.141 e. The van der Waals surface area contributed by atoms with Gasteiger partial charge in [-0.25, -0.2) is 8.78 Å². The Morgan fingerprint density at radius 1 is 1.44 bits per heavy atom. The molecule has 2 rings (SSSR count). The highest BCUT2D eigenvalue weighted by atomic mass is 32.2. The average molecular weight is 270 g/mol. The van der Waals surface area contributed by atoms with E-state index in [1.807, 2.05) is 6.92 Å². The number of nitrogens with zero attached hydrogens (tertiary/aromatic N) is 1. The minimum Gasteiger partial charge on any atom is -0.399 e. The van der Waals surface area contributed by atoms with Crippen molar-refractivity contribution in [2.75, 3.05) is 5.73 Å². The van der Waals surface area contributed by atoms with Crippen LogP contribution in [0.5, 0.6) is 0 Å². The normalized spacial score (nSPS) is 32.2. The second kappa shape index (κ2) is 4.53. The number of rotatable bonds is 1. The van der Waals surface area contributed by atoms with Crippen LogP contribution in [0.15, 0.2) is 23.2 Å². The van der Waals surface area contributed by atoms with E-state index in [-0.39, 0.29) is 10.8 Å². The van der Waals surface area contributed by atoms with Crippen LogP contribution in [0.1, 0.15) is 26.3 Å². The lowest BCUT2D eigenvalue weighted by Gasteiger charge is -2.37. The molecular weight excluding hydrogens is 254 g/mol. The molecule has 0 aromatic heterocycles. The van der Waals surface area contributed by atoms with Crippen LogP contribution in [-0.2, 0) is 5.54 Å². The quantitative estimate of drug-likeness (QED) is 0.793. The third-order valence-electron chi connectivity index (χ3n) is 3.23. The topological polar surface area (TPSA) is 38.4 Å². The van der Waals surface area contributed by atoms with Gasteiger partial charge in [0.2, 0.25) is 0 Å². The molecule has 1 heterocycles. The molecule has 18 heavy (non-hydrogen) atoms. The lowest BCUT2D eigenvalue weighted by Crippen LogP contribution is -2.42. The van der Waals surface area contributed by atoms with Gasteiger partial charge in [-0.2, -0.15) is 0 Å². The SMILES string of the molecule is CC1=N[C@](C)(c2cc(N)ccc2F)[C@@H](F)[C@@H](C)S1. The van der Waals surface area contributed by atoms with Crippen LogP contribution >= 0.6 is 11.8 Å². The Hall–Kier alpha value is -1.10. The van der Waals surface area contributed by atoms with Crippen molar-refractivity contribution in [2.24, 2.45) is 4.99 Å². The van der Waals surface area contributed by atoms with E-state index in [0.29, 0.717) is 5.69 Å². The van der Waals surface area contributed by atoms with Gasteiger partial charge in [-0.1, -0.05) is 0 Å². The largest absolute Gasteiger partial charge is 0.399 e. The van der Waals surface area contributed by atoms with Gasteiger partial charge < -0.3 is 5.73 Å². The summed E-state index contributed by atoms with van der Waals surface area (Å²) in [5, 5.41) is 0.508. The number of nitrogens with two attached hydrogens (primary N) is 1. The molecule has 1 aromatic carbocycles. The van der Waals surface area contributed by atoms with Crippen molar-refractivity contribution in [2.45, 2.75) is 37.7 Å². The van der Waals surface area contributed by atoms with E-state index in [1.54, 1.807) is 13.8 Å². The summed E-state index contributed by atoms with van der Waals surface area (Å²) < 4.78 is 28.4. The zero-order valence-corrected chi connectivity index (χ0v) is 11.4. The number of hydrogen-bond acceptors (Lipinski definition) is 3. The second-order valence-corrected chi connectivity index (χ2v) is 6.31. The van der Waals surface area contributed by atoms with Gasteiger partial charge in [-0.15, -0.1) is 11.8 Å². The Morgan fingerprint density at radius 3 is 2.78 bits per heavy atom. The van der Waals surface area contributed by atoms with Gasteiger partial charge >= 0.3 is 0 Å². The van der Waals surface area contributed by atoms with Crippen molar-refractivity contribution in [3.63, 3.8) is 0 Å². The van der Waals surface area contributed by atoms with Crippen molar-refractivity contribution >= 4 is 22.5 Å². The van der Waals surface area contributed by atoms with Crippen LogP contribution in [0.25, 0.3) is 0 Å². The molecule has 5 heteroatoms. The van der Waals surface area contributed by atoms with Gasteiger partial charge in [0.15, 0.2) is 0 Å². The van der Waals surface area contributed by atoms with Gasteiger partial charge in [0.1, 0.15) is 17.5 Å². The van der Waals surface area contributed by atoms with E-state index < -0.39 is 17.5 Å². The fourth-order valence-corrected chi connectivity index (χ4v) is 3.51. The number of thioether (sulfide) groups is 1. The Kier molecular flexibility index (Phi) is 3.36. The zero-order chi connectivity index (χ0) is 13.5. The van der Waals surface area contributed by atoms with Crippen molar-refractivity contribution < 1.29 is 8.78 Å². The fraction of sp³-hybridized carbons (Fsp3) is 0.462. The molecule has 0 spiro atoms. The molecule has 1 aliphatic rings. The highest BCUT2D eigenvalue weighted by Crippen LogP contribution is 2.42. The van der Waals surface area contributed by atoms with Gasteiger partial charge in [0.25, 0.3) is 0 Å². The first-order chi connectivity index (χ1) is 8.34. The number of aliphatic imine (C=N–C) groups is 1. The van der Waals surface area contributed by atoms with Crippen LogP contribution in [0, 0.1) is 5.82 Å². The highest BCUT2D eigenvalue weighted by Gasteiger charge is 2.44. The Labute approximate surface area is 110 Å². The summed E-state index contributed by atoms with van der Waals surface area (Å²) in [6, 6.07) is 4.20. The van der Waals surface area contributed by atoms with Crippen molar-refractivity contribution in [3.05, 3.63) is 29.6 Å². The minimum absolute atomic E-state index is 0.224. The summed E-state index contributed by atoms with van der Waals surface area (Å²) in [5.74, 6) is -0.468. The molecule has 0 aliphatic carbocycles. The first kappa shape index (κ1) is 13.3. The van der Waals surface area contributed by atoms with Crippen LogP contribution in [0.2, 0.25) is 0 Å². The minimum atomic E-state index is -1.25. The molecule has 1 aromatic rings. The maximum atomic E-state index is 14.5. The first-order valence-electron chi connectivity index (χ1n) is 5.77. The number of nitrogen functional groups attached to an aromatic ring is 1. The van der Waals surface area contributed by atoms with E-state index in [4.69, 9.17) is 5.73 Å². The van der Waals surface area contributed by atoms with Gasteiger partial charge in [-0.3, -0.25) is 4.99 Å². The van der Waals surface area contributed by atoms with Gasteiger partial charge in [0, 0.05) is 16.5 Å². The summed E-state index contributed by atoms with van der Waals surface area (Å²) in [5.41, 5.74) is 5.10. The lowest BCUT2D eigenvalue weighted by molar-refractivity contribution is 0.200. The first-order valence-corrected chi connectivity index (χ1v) is 6.65. The molecule has 3 atom stereocenters. The summed E-state index contributed by atoms with van der Waals surface area (Å²) in [7, 11) is 0. The second-order valence-electron chi connectivity index (χ2n) is 4.74.